The third-order valence-corrected chi connectivity index (χ3v) is 11.5. The largest absolute Gasteiger partial charge is 0.415 e. The minimum atomic E-state index is -1.66. The number of fused-ring (bicyclic) bond motifs is 5. The lowest BCUT2D eigenvalue weighted by molar-refractivity contribution is -0.157. The molecule has 0 N–H and O–H groups in total. The zero-order chi connectivity index (χ0) is 23.5. The topological polar surface area (TPSA) is 40.0 Å². The molecular weight excluding hydrogens is 430 g/mol. The number of oxime groups is 1. The van der Waals surface area contributed by atoms with Gasteiger partial charge in [0.2, 0.25) is 0 Å². The Morgan fingerprint density at radius 1 is 0.906 bits per heavy atom. The van der Waals surface area contributed by atoms with Crippen molar-refractivity contribution >= 4 is 22.3 Å². The number of hydrogen-bond donors (Lipinski definition) is 0. The molecule has 0 bridgehead atoms. The van der Waals surface area contributed by atoms with Gasteiger partial charge in [0, 0.05) is 17.6 Å². The minimum absolute atomic E-state index is 0.142. The highest BCUT2D eigenvalue weighted by Crippen LogP contribution is 2.66. The highest BCUT2D eigenvalue weighted by atomic mass is 28.4. The Kier molecular flexibility index (Phi) is 6.62. The third kappa shape index (κ3) is 4.55. The lowest BCUT2D eigenvalue weighted by atomic mass is 9.44. The molecule has 184 valence electrons. The number of rotatable bonds is 5. The Balaban J connectivity index is 1.65. The van der Waals surface area contributed by atoms with E-state index < -0.39 is 16.6 Å². The molecule has 0 saturated heterocycles. The van der Waals surface area contributed by atoms with Crippen molar-refractivity contribution in [3.05, 3.63) is 0 Å². The molecule has 0 spiro atoms. The molecule has 32 heavy (non-hydrogen) atoms. The highest BCUT2D eigenvalue weighted by molar-refractivity contribution is 6.70. The molecular formula is C26H49NO3Si2. The predicted octanol–water partition coefficient (Wildman–Crippen LogP) is 7.08. The smallest absolute Gasteiger partial charge is 0.184 e. The van der Waals surface area contributed by atoms with Gasteiger partial charge in [0.25, 0.3) is 0 Å². The molecule has 8 atom stereocenters. The van der Waals surface area contributed by atoms with Crippen molar-refractivity contribution in [1.82, 2.24) is 0 Å². The van der Waals surface area contributed by atoms with E-state index in [-0.39, 0.29) is 5.41 Å². The van der Waals surface area contributed by atoms with Crippen LogP contribution in [0.2, 0.25) is 39.3 Å². The van der Waals surface area contributed by atoms with Crippen molar-refractivity contribution in [1.29, 1.82) is 0 Å². The Bertz CT molecular complexity index is 730. The molecule has 4 rings (SSSR count). The van der Waals surface area contributed by atoms with Gasteiger partial charge < -0.3 is 13.7 Å². The standard InChI is InChI=1S/C26H49NO3Si2/c1-25-15-14-19(29-31(4,5)6)16-18(25)10-11-20-21-12-13-23(27-28-3)26(21,2)17-22(24(20)25)30-32(7,8)9/h18-22,24H,10-17H2,1-9H3/b27-23+/t18-,19-,20-,21-,22?,24+,25-,26-/m0/s1. The summed E-state index contributed by atoms with van der Waals surface area (Å²) < 4.78 is 13.7. The molecule has 0 aromatic rings. The third-order valence-electron chi connectivity index (χ3n) is 9.50. The van der Waals surface area contributed by atoms with E-state index in [1.54, 1.807) is 7.11 Å². The summed E-state index contributed by atoms with van der Waals surface area (Å²) >= 11 is 0. The summed E-state index contributed by atoms with van der Waals surface area (Å²) in [6, 6.07) is 0. The first-order chi connectivity index (χ1) is 14.8. The fraction of sp³-hybridized carbons (Fsp3) is 0.962. The SMILES string of the molecule is CO/N=C1\CC[C@H]2[C@@H]3CC[C@H]4C[C@@H](O[Si](C)(C)C)CC[C@]4(C)[C@H]3C(O[Si](C)(C)C)C[C@]12C. The van der Waals surface area contributed by atoms with Crippen LogP contribution in [0.3, 0.4) is 0 Å². The maximum atomic E-state index is 7.09. The first-order valence-corrected chi connectivity index (χ1v) is 20.0. The highest BCUT2D eigenvalue weighted by Gasteiger charge is 2.63. The molecule has 0 heterocycles. The van der Waals surface area contributed by atoms with Crippen LogP contribution >= 0.6 is 0 Å². The van der Waals surface area contributed by atoms with E-state index >= 15 is 0 Å². The van der Waals surface area contributed by atoms with E-state index in [0.717, 1.165) is 30.6 Å². The van der Waals surface area contributed by atoms with Gasteiger partial charge in [0.15, 0.2) is 16.6 Å². The molecule has 4 aliphatic carbocycles. The van der Waals surface area contributed by atoms with Crippen molar-refractivity contribution < 1.29 is 13.7 Å². The second kappa shape index (κ2) is 8.49. The van der Waals surface area contributed by atoms with Gasteiger partial charge in [0.05, 0.1) is 5.71 Å². The summed E-state index contributed by atoms with van der Waals surface area (Å²) in [5, 5.41) is 4.55. The zero-order valence-electron chi connectivity index (χ0n) is 22.3. The average Bonchev–Trinajstić information content (AvgIpc) is 2.95. The molecule has 0 amide bonds. The van der Waals surface area contributed by atoms with Gasteiger partial charge in [-0.1, -0.05) is 19.0 Å². The molecule has 4 fully saturated rings. The number of hydrogen-bond acceptors (Lipinski definition) is 4. The average molecular weight is 480 g/mol. The van der Waals surface area contributed by atoms with E-state index in [2.05, 4.69) is 58.3 Å². The summed E-state index contributed by atoms with van der Waals surface area (Å²) in [5.41, 5.74) is 1.82. The zero-order valence-corrected chi connectivity index (χ0v) is 24.3. The van der Waals surface area contributed by atoms with Gasteiger partial charge in [0.1, 0.15) is 7.11 Å². The Hall–Kier alpha value is -0.176. The van der Waals surface area contributed by atoms with Crippen LogP contribution in [0.15, 0.2) is 5.16 Å². The summed E-state index contributed by atoms with van der Waals surface area (Å²) in [5.74, 6) is 2.96. The quantitative estimate of drug-likeness (QED) is 0.312. The van der Waals surface area contributed by atoms with Crippen LogP contribution in [-0.4, -0.2) is 41.7 Å². The Morgan fingerprint density at radius 3 is 2.22 bits per heavy atom. The van der Waals surface area contributed by atoms with E-state index in [9.17, 15) is 0 Å². The van der Waals surface area contributed by atoms with Gasteiger partial charge in [-0.2, -0.15) is 0 Å². The Morgan fingerprint density at radius 2 is 1.59 bits per heavy atom. The van der Waals surface area contributed by atoms with Gasteiger partial charge in [-0.25, -0.2) is 0 Å². The van der Waals surface area contributed by atoms with Crippen LogP contribution in [0.1, 0.15) is 65.2 Å². The van der Waals surface area contributed by atoms with Crippen LogP contribution in [-0.2, 0) is 13.7 Å². The first kappa shape index (κ1) is 24.9. The van der Waals surface area contributed by atoms with Crippen molar-refractivity contribution in [2.24, 2.45) is 39.7 Å². The van der Waals surface area contributed by atoms with Gasteiger partial charge in [-0.05, 0) is 120 Å². The molecule has 4 saturated carbocycles. The van der Waals surface area contributed by atoms with E-state index in [1.165, 1.54) is 44.2 Å². The second-order valence-electron chi connectivity index (χ2n) is 13.9. The summed E-state index contributed by atoms with van der Waals surface area (Å²) in [4.78, 5) is 5.31. The molecule has 0 radical (unpaired) electrons. The van der Waals surface area contributed by atoms with Crippen LogP contribution in [0.4, 0.5) is 0 Å². The van der Waals surface area contributed by atoms with E-state index in [0.29, 0.717) is 23.5 Å². The van der Waals surface area contributed by atoms with Gasteiger partial charge in [-0.15, -0.1) is 0 Å². The molecule has 4 aliphatic rings. The molecule has 6 heteroatoms. The van der Waals surface area contributed by atoms with Crippen molar-refractivity contribution in [2.45, 2.75) is 117 Å². The number of nitrogens with zero attached hydrogens (tertiary/aromatic N) is 1. The molecule has 0 aliphatic heterocycles. The summed E-state index contributed by atoms with van der Waals surface area (Å²) in [6.45, 7) is 19.3. The molecule has 0 aromatic carbocycles. The van der Waals surface area contributed by atoms with Crippen LogP contribution in [0.25, 0.3) is 0 Å². The van der Waals surface area contributed by atoms with Crippen molar-refractivity contribution in [3.63, 3.8) is 0 Å². The van der Waals surface area contributed by atoms with Crippen LogP contribution in [0, 0.1) is 34.5 Å². The van der Waals surface area contributed by atoms with Gasteiger partial charge >= 0.3 is 0 Å². The summed E-state index contributed by atoms with van der Waals surface area (Å²) in [6.07, 6.45) is 10.9. The molecule has 4 nitrogen and oxygen atoms in total. The maximum Gasteiger partial charge on any atom is 0.184 e. The van der Waals surface area contributed by atoms with Crippen molar-refractivity contribution in [2.75, 3.05) is 7.11 Å². The van der Waals surface area contributed by atoms with Crippen molar-refractivity contribution in [3.8, 4) is 0 Å². The van der Waals surface area contributed by atoms with Gasteiger partial charge in [-0.3, -0.25) is 0 Å². The van der Waals surface area contributed by atoms with E-state index in [4.69, 9.17) is 13.7 Å². The summed E-state index contributed by atoms with van der Waals surface area (Å²) in [7, 11) is -1.45. The second-order valence-corrected chi connectivity index (χ2v) is 22.8. The molecule has 1 unspecified atom stereocenters. The lowest BCUT2D eigenvalue weighted by Crippen LogP contribution is -2.61. The predicted molar refractivity (Wildman–Crippen MR) is 138 cm³/mol. The minimum Gasteiger partial charge on any atom is -0.415 e. The Labute approximate surface area is 199 Å². The van der Waals surface area contributed by atoms with E-state index in [1.807, 2.05) is 0 Å². The van der Waals surface area contributed by atoms with Crippen LogP contribution < -0.4 is 0 Å². The first-order valence-electron chi connectivity index (χ1n) is 13.2. The van der Waals surface area contributed by atoms with Crippen LogP contribution in [0.5, 0.6) is 0 Å². The molecule has 0 aromatic heterocycles. The normalized spacial score (nSPS) is 45.8. The fourth-order valence-electron chi connectivity index (χ4n) is 8.53. The maximum absolute atomic E-state index is 7.09. The lowest BCUT2D eigenvalue weighted by Gasteiger charge is -2.63. The monoisotopic (exact) mass is 479 g/mol. The fourth-order valence-corrected chi connectivity index (χ4v) is 10.9.